The van der Waals surface area contributed by atoms with Gasteiger partial charge in [0.15, 0.2) is 11.6 Å². The highest BCUT2D eigenvalue weighted by Gasteiger charge is 2.16. The Morgan fingerprint density at radius 2 is 2.07 bits per heavy atom. The molecule has 0 atom stereocenters. The maximum Gasteiger partial charge on any atom is 0.414 e. The molecule has 0 radical (unpaired) electrons. The highest BCUT2D eigenvalue weighted by atomic mass is 19.1. The van der Waals surface area contributed by atoms with Crippen LogP contribution >= 0.6 is 0 Å². The highest BCUT2D eigenvalue weighted by molar-refractivity contribution is 5.83. The first-order valence-electron chi connectivity index (χ1n) is 8.12. The Hall–Kier alpha value is -3.42. The molecule has 7 nitrogen and oxygen atoms in total. The number of amides is 1. The van der Waals surface area contributed by atoms with Crippen LogP contribution in [0, 0.1) is 12.7 Å². The molecular weight excluding hydrogens is 353 g/mol. The lowest BCUT2D eigenvalue weighted by Gasteiger charge is -2.12. The molecule has 3 aromatic rings. The lowest BCUT2D eigenvalue weighted by molar-refractivity contribution is 0.172. The summed E-state index contributed by atoms with van der Waals surface area (Å²) < 4.78 is 24.7. The summed E-state index contributed by atoms with van der Waals surface area (Å²) in [6.45, 7) is 1.75. The number of anilines is 1. The molecule has 0 unspecified atom stereocenters. The Balaban J connectivity index is 2.02. The molecule has 1 amide bonds. The molecule has 0 fully saturated rings. The number of aryl methyl sites for hydroxylation is 1. The molecule has 0 aliphatic heterocycles. The molecule has 2 N–H and O–H groups in total. The van der Waals surface area contributed by atoms with Crippen molar-refractivity contribution in [2.75, 3.05) is 19.8 Å². The second kappa shape index (κ2) is 7.06. The fourth-order valence-corrected chi connectivity index (χ4v) is 2.66. The quantitative estimate of drug-likeness (QED) is 0.711. The second-order valence-corrected chi connectivity index (χ2v) is 6.26. The number of hydrogen-bond donors (Lipinski definition) is 1. The Kier molecular flexibility index (Phi) is 4.81. The zero-order valence-electron chi connectivity index (χ0n) is 15.1. The standard InChI is InChI=1S/C19H18FN3O4/c1-10-13-5-4-12(26-19(25)23(2)3)9-15(13)27-18(24)14(10)8-11-6-7-22-17(21)16(11)20/h4-7,9H,8H2,1-3H3,(H2,21,22). The number of benzene rings is 1. The molecule has 2 aromatic heterocycles. The van der Waals surface area contributed by atoms with Gasteiger partial charge in [-0.1, -0.05) is 0 Å². The van der Waals surface area contributed by atoms with Gasteiger partial charge in [-0.25, -0.2) is 19.0 Å². The van der Waals surface area contributed by atoms with Crippen LogP contribution in [0.25, 0.3) is 11.0 Å². The van der Waals surface area contributed by atoms with Gasteiger partial charge < -0.3 is 19.8 Å². The number of rotatable bonds is 3. The van der Waals surface area contributed by atoms with Crippen molar-refractivity contribution in [3.05, 3.63) is 63.4 Å². The number of ether oxygens (including phenoxy) is 1. The zero-order valence-corrected chi connectivity index (χ0v) is 15.1. The number of hydrogen-bond acceptors (Lipinski definition) is 6. The number of pyridine rings is 1. The van der Waals surface area contributed by atoms with Gasteiger partial charge in [0.1, 0.15) is 11.3 Å². The van der Waals surface area contributed by atoms with Gasteiger partial charge in [0.25, 0.3) is 0 Å². The summed E-state index contributed by atoms with van der Waals surface area (Å²) >= 11 is 0. The number of nitrogens with two attached hydrogens (primary N) is 1. The van der Waals surface area contributed by atoms with E-state index in [4.69, 9.17) is 14.9 Å². The van der Waals surface area contributed by atoms with Crippen LogP contribution in [0.2, 0.25) is 0 Å². The van der Waals surface area contributed by atoms with Gasteiger partial charge in [0.05, 0.1) is 0 Å². The van der Waals surface area contributed by atoms with Crippen molar-refractivity contribution in [2.45, 2.75) is 13.3 Å². The zero-order chi connectivity index (χ0) is 19.7. The van der Waals surface area contributed by atoms with Gasteiger partial charge >= 0.3 is 11.7 Å². The van der Waals surface area contributed by atoms with Crippen molar-refractivity contribution in [1.29, 1.82) is 0 Å². The summed E-state index contributed by atoms with van der Waals surface area (Å²) in [5.74, 6) is -0.616. The minimum absolute atomic E-state index is 0.0278. The average Bonchev–Trinajstić information content (AvgIpc) is 2.61. The molecule has 27 heavy (non-hydrogen) atoms. The molecule has 0 saturated heterocycles. The van der Waals surface area contributed by atoms with Crippen LogP contribution in [0.15, 0.2) is 39.7 Å². The second-order valence-electron chi connectivity index (χ2n) is 6.26. The van der Waals surface area contributed by atoms with E-state index < -0.39 is 17.5 Å². The molecule has 0 aliphatic carbocycles. The molecule has 2 heterocycles. The Morgan fingerprint density at radius 3 is 2.78 bits per heavy atom. The van der Waals surface area contributed by atoms with E-state index in [1.165, 1.54) is 23.2 Å². The predicted molar refractivity (Wildman–Crippen MR) is 98.3 cm³/mol. The van der Waals surface area contributed by atoms with E-state index in [0.29, 0.717) is 16.5 Å². The Labute approximate surface area is 154 Å². The fraction of sp³-hybridized carbons (Fsp3) is 0.211. The molecule has 0 spiro atoms. The van der Waals surface area contributed by atoms with E-state index in [1.54, 1.807) is 33.2 Å². The van der Waals surface area contributed by atoms with Crippen LogP contribution in [0.3, 0.4) is 0 Å². The number of aromatic nitrogens is 1. The highest BCUT2D eigenvalue weighted by Crippen LogP contribution is 2.26. The third kappa shape index (κ3) is 3.59. The van der Waals surface area contributed by atoms with Gasteiger partial charge in [-0.15, -0.1) is 0 Å². The first-order chi connectivity index (χ1) is 12.8. The molecule has 3 rings (SSSR count). The van der Waals surface area contributed by atoms with E-state index in [1.807, 2.05) is 0 Å². The molecule has 0 bridgehead atoms. The maximum atomic E-state index is 14.1. The third-order valence-corrected chi connectivity index (χ3v) is 4.19. The van der Waals surface area contributed by atoms with Gasteiger partial charge in [0, 0.05) is 43.7 Å². The summed E-state index contributed by atoms with van der Waals surface area (Å²) in [6.07, 6.45) is 0.868. The maximum absolute atomic E-state index is 14.1. The number of fused-ring (bicyclic) bond motifs is 1. The van der Waals surface area contributed by atoms with Crippen molar-refractivity contribution in [3.8, 4) is 5.75 Å². The lowest BCUT2D eigenvalue weighted by Crippen LogP contribution is -2.25. The van der Waals surface area contributed by atoms with Crippen LogP contribution in [-0.2, 0) is 6.42 Å². The van der Waals surface area contributed by atoms with Gasteiger partial charge in [0.2, 0.25) is 0 Å². The molecular formula is C19H18FN3O4. The Morgan fingerprint density at radius 1 is 1.33 bits per heavy atom. The summed E-state index contributed by atoms with van der Waals surface area (Å²) in [5.41, 5.74) is 6.41. The summed E-state index contributed by atoms with van der Waals surface area (Å²) in [4.78, 5) is 29.1. The van der Waals surface area contributed by atoms with Gasteiger partial charge in [-0.05, 0) is 36.2 Å². The minimum atomic E-state index is -0.651. The largest absolute Gasteiger partial charge is 0.422 e. The van der Waals surface area contributed by atoms with Crippen molar-refractivity contribution in [1.82, 2.24) is 9.88 Å². The van der Waals surface area contributed by atoms with E-state index in [9.17, 15) is 14.0 Å². The minimum Gasteiger partial charge on any atom is -0.422 e. The smallest absolute Gasteiger partial charge is 0.414 e. The number of carbonyl (C=O) groups is 1. The molecule has 140 valence electrons. The van der Waals surface area contributed by atoms with Crippen LogP contribution in [0.4, 0.5) is 15.0 Å². The van der Waals surface area contributed by atoms with Crippen LogP contribution in [-0.4, -0.2) is 30.1 Å². The van der Waals surface area contributed by atoms with Crippen LogP contribution in [0.5, 0.6) is 5.75 Å². The van der Waals surface area contributed by atoms with Crippen molar-refractivity contribution in [2.24, 2.45) is 0 Å². The van der Waals surface area contributed by atoms with E-state index in [0.717, 1.165) is 0 Å². The van der Waals surface area contributed by atoms with Crippen molar-refractivity contribution < 1.29 is 18.3 Å². The molecule has 8 heteroatoms. The first-order valence-corrected chi connectivity index (χ1v) is 8.12. The van der Waals surface area contributed by atoms with Gasteiger partial charge in [-0.3, -0.25) is 0 Å². The van der Waals surface area contributed by atoms with E-state index in [-0.39, 0.29) is 29.1 Å². The predicted octanol–water partition coefficient (Wildman–Crippen LogP) is 2.87. The van der Waals surface area contributed by atoms with Crippen LogP contribution in [0.1, 0.15) is 16.7 Å². The third-order valence-electron chi connectivity index (χ3n) is 4.19. The topological polar surface area (TPSA) is 98.7 Å². The average molecular weight is 371 g/mol. The molecule has 0 saturated carbocycles. The summed E-state index contributed by atoms with van der Waals surface area (Å²) in [5, 5.41) is 0.664. The normalized spacial score (nSPS) is 10.8. The lowest BCUT2D eigenvalue weighted by atomic mass is 10.00. The monoisotopic (exact) mass is 371 g/mol. The van der Waals surface area contributed by atoms with Gasteiger partial charge in [-0.2, -0.15) is 0 Å². The SMILES string of the molecule is Cc1c(Cc2ccnc(N)c2F)c(=O)oc2cc(OC(=O)N(C)C)ccc12. The first kappa shape index (κ1) is 18.4. The number of nitrogens with zero attached hydrogens (tertiary/aromatic N) is 2. The summed E-state index contributed by atoms with van der Waals surface area (Å²) in [7, 11) is 3.12. The summed E-state index contributed by atoms with van der Waals surface area (Å²) in [6, 6.07) is 6.23. The van der Waals surface area contributed by atoms with E-state index >= 15 is 0 Å². The van der Waals surface area contributed by atoms with E-state index in [2.05, 4.69) is 4.98 Å². The number of halogens is 1. The van der Waals surface area contributed by atoms with Crippen LogP contribution < -0.4 is 16.1 Å². The Bertz CT molecular complexity index is 1090. The fourth-order valence-electron chi connectivity index (χ4n) is 2.66. The number of carbonyl (C=O) groups excluding carboxylic acids is 1. The molecule has 0 aliphatic rings. The number of nitrogen functional groups attached to an aromatic ring is 1. The molecule has 1 aromatic carbocycles. The van der Waals surface area contributed by atoms with Crippen molar-refractivity contribution in [3.63, 3.8) is 0 Å². The van der Waals surface area contributed by atoms with Crippen molar-refractivity contribution >= 4 is 22.9 Å².